The van der Waals surface area contributed by atoms with Crippen LogP contribution in [0.15, 0.2) is 12.4 Å². The first-order valence-corrected chi connectivity index (χ1v) is 15.5. The third kappa shape index (κ3) is 19.3. The van der Waals surface area contributed by atoms with E-state index < -0.39 is 0 Å². The Morgan fingerprint density at radius 2 is 0.606 bits per heavy atom. The number of unbranched alkanes of at least 4 members (excludes halogenated alkanes) is 22. The minimum Gasteiger partial charge on any atom is -0.367 e. The molecule has 1 nitrogen and oxygen atoms in total. The highest BCUT2D eigenvalue weighted by atomic mass is 14.6. The number of hydrogen-bond acceptors (Lipinski definition) is 0. The molecule has 1 N–H and O–H groups in total. The SMILES string of the molecule is CCCCCCCCCCCCCCCCc1c[nH]cc1CCCCCCCCCCCC. The lowest BCUT2D eigenvalue weighted by atomic mass is 9.99. The summed E-state index contributed by atoms with van der Waals surface area (Å²) in [5.41, 5.74) is 3.20. The molecule has 0 spiro atoms. The van der Waals surface area contributed by atoms with Crippen molar-refractivity contribution >= 4 is 0 Å². The van der Waals surface area contributed by atoms with Crippen LogP contribution < -0.4 is 0 Å². The quantitative estimate of drug-likeness (QED) is 0.133. The molecule has 0 aliphatic carbocycles. The Hall–Kier alpha value is -0.720. The van der Waals surface area contributed by atoms with Gasteiger partial charge in [0.1, 0.15) is 0 Å². The Morgan fingerprint density at radius 1 is 0.364 bits per heavy atom. The Kier molecular flexibility index (Phi) is 22.4. The van der Waals surface area contributed by atoms with Crippen LogP contribution in [0.25, 0.3) is 0 Å². The minimum absolute atomic E-state index is 1.29. The van der Waals surface area contributed by atoms with Gasteiger partial charge in [0.2, 0.25) is 0 Å². The number of rotatable bonds is 26. The average Bonchev–Trinajstić information content (AvgIpc) is 3.27. The number of H-pyrrole nitrogens is 1. The van der Waals surface area contributed by atoms with Crippen LogP contribution in [0.1, 0.15) is 179 Å². The molecule has 1 aromatic rings. The molecule has 0 bridgehead atoms. The molecule has 0 saturated carbocycles. The van der Waals surface area contributed by atoms with E-state index in [0.29, 0.717) is 0 Å². The lowest BCUT2D eigenvalue weighted by Crippen LogP contribution is -1.92. The van der Waals surface area contributed by atoms with E-state index in [0.717, 1.165) is 0 Å². The first-order valence-electron chi connectivity index (χ1n) is 15.5. The molecule has 0 unspecified atom stereocenters. The molecule has 0 aliphatic heterocycles. The summed E-state index contributed by atoms with van der Waals surface area (Å²) >= 11 is 0. The highest BCUT2D eigenvalue weighted by molar-refractivity contribution is 5.23. The van der Waals surface area contributed by atoms with Gasteiger partial charge in [-0.3, -0.25) is 0 Å². The largest absolute Gasteiger partial charge is 0.367 e. The van der Waals surface area contributed by atoms with Crippen molar-refractivity contribution in [3.63, 3.8) is 0 Å². The molecule has 0 amide bonds. The first-order chi connectivity index (χ1) is 16.4. The zero-order valence-electron chi connectivity index (χ0n) is 23.0. The molecular formula is C32H61N. The summed E-state index contributed by atoms with van der Waals surface area (Å²) in [5.74, 6) is 0. The maximum Gasteiger partial charge on any atom is 0.00401 e. The van der Waals surface area contributed by atoms with E-state index in [1.54, 1.807) is 11.1 Å². The van der Waals surface area contributed by atoms with E-state index in [4.69, 9.17) is 0 Å². The van der Waals surface area contributed by atoms with Gasteiger partial charge in [0.15, 0.2) is 0 Å². The van der Waals surface area contributed by atoms with E-state index in [2.05, 4.69) is 31.2 Å². The van der Waals surface area contributed by atoms with Crippen molar-refractivity contribution in [1.82, 2.24) is 4.98 Å². The van der Waals surface area contributed by atoms with Crippen molar-refractivity contribution in [2.75, 3.05) is 0 Å². The maximum atomic E-state index is 3.38. The zero-order valence-corrected chi connectivity index (χ0v) is 23.0. The molecule has 194 valence electrons. The topological polar surface area (TPSA) is 15.8 Å². The van der Waals surface area contributed by atoms with Crippen LogP contribution in [-0.4, -0.2) is 4.98 Å². The molecule has 0 aromatic carbocycles. The van der Waals surface area contributed by atoms with E-state index in [-0.39, 0.29) is 0 Å². The molecule has 0 atom stereocenters. The number of aromatic nitrogens is 1. The van der Waals surface area contributed by atoms with Crippen LogP contribution in [0, 0.1) is 0 Å². The fraction of sp³-hybridized carbons (Fsp3) is 0.875. The summed E-state index contributed by atoms with van der Waals surface area (Å²) in [6, 6.07) is 0. The molecule has 1 heterocycles. The smallest absolute Gasteiger partial charge is 0.00401 e. The van der Waals surface area contributed by atoms with Crippen LogP contribution in [0.2, 0.25) is 0 Å². The number of nitrogens with one attached hydrogen (secondary N) is 1. The van der Waals surface area contributed by atoms with Crippen molar-refractivity contribution in [1.29, 1.82) is 0 Å². The van der Waals surface area contributed by atoms with Gasteiger partial charge in [-0.2, -0.15) is 0 Å². The molecular weight excluding hydrogens is 398 g/mol. The second kappa shape index (κ2) is 24.4. The van der Waals surface area contributed by atoms with Gasteiger partial charge in [0.25, 0.3) is 0 Å². The monoisotopic (exact) mass is 459 g/mol. The lowest BCUT2D eigenvalue weighted by Gasteiger charge is -2.06. The van der Waals surface area contributed by atoms with Crippen molar-refractivity contribution in [3.05, 3.63) is 23.5 Å². The van der Waals surface area contributed by atoms with Crippen molar-refractivity contribution in [3.8, 4) is 0 Å². The first kappa shape index (κ1) is 30.3. The van der Waals surface area contributed by atoms with E-state index >= 15 is 0 Å². The summed E-state index contributed by atoms with van der Waals surface area (Å²) in [4.78, 5) is 3.38. The van der Waals surface area contributed by atoms with Gasteiger partial charge in [-0.15, -0.1) is 0 Å². The highest BCUT2D eigenvalue weighted by Crippen LogP contribution is 2.18. The number of hydrogen-bond donors (Lipinski definition) is 1. The normalized spacial score (nSPS) is 11.5. The Labute approximate surface area is 209 Å². The molecule has 33 heavy (non-hydrogen) atoms. The third-order valence-electron chi connectivity index (χ3n) is 7.53. The van der Waals surface area contributed by atoms with Crippen LogP contribution in [-0.2, 0) is 12.8 Å². The van der Waals surface area contributed by atoms with Gasteiger partial charge >= 0.3 is 0 Å². The van der Waals surface area contributed by atoms with E-state index in [1.807, 2.05) is 0 Å². The average molecular weight is 460 g/mol. The van der Waals surface area contributed by atoms with Crippen molar-refractivity contribution in [2.24, 2.45) is 0 Å². The maximum absolute atomic E-state index is 3.38. The Balaban J connectivity index is 1.88. The van der Waals surface area contributed by atoms with Gasteiger partial charge in [-0.05, 0) is 36.8 Å². The third-order valence-corrected chi connectivity index (χ3v) is 7.53. The fourth-order valence-corrected chi connectivity index (χ4v) is 5.21. The van der Waals surface area contributed by atoms with Gasteiger partial charge in [-0.25, -0.2) is 0 Å². The number of aromatic amines is 1. The molecule has 0 saturated heterocycles. The van der Waals surface area contributed by atoms with Crippen LogP contribution in [0.5, 0.6) is 0 Å². The predicted octanol–water partition coefficient (Wildman–Crippen LogP) is 11.5. The van der Waals surface area contributed by atoms with Crippen LogP contribution >= 0.6 is 0 Å². The minimum atomic E-state index is 1.29. The zero-order chi connectivity index (χ0) is 23.7. The van der Waals surface area contributed by atoms with Gasteiger partial charge in [0, 0.05) is 12.4 Å². The fourth-order valence-electron chi connectivity index (χ4n) is 5.21. The molecule has 0 aliphatic rings. The van der Waals surface area contributed by atoms with Gasteiger partial charge in [0.05, 0.1) is 0 Å². The summed E-state index contributed by atoms with van der Waals surface area (Å²) in [5, 5.41) is 0. The molecule has 1 heteroatoms. The summed E-state index contributed by atoms with van der Waals surface area (Å²) < 4.78 is 0. The second-order valence-electron chi connectivity index (χ2n) is 10.8. The van der Waals surface area contributed by atoms with Crippen molar-refractivity contribution < 1.29 is 0 Å². The summed E-state index contributed by atoms with van der Waals surface area (Å²) in [6.07, 6.45) is 41.6. The lowest BCUT2D eigenvalue weighted by molar-refractivity contribution is 0.535. The van der Waals surface area contributed by atoms with Crippen LogP contribution in [0.3, 0.4) is 0 Å². The second-order valence-corrected chi connectivity index (χ2v) is 10.8. The standard InChI is InChI=1S/C32H61N/c1-3-5-7-9-11-13-15-16-17-18-20-22-24-26-28-32-30-33-29-31(32)27-25-23-21-19-14-12-10-8-6-4-2/h29-30,33H,3-28H2,1-2H3. The van der Waals surface area contributed by atoms with Gasteiger partial charge < -0.3 is 4.98 Å². The molecule has 0 fully saturated rings. The molecule has 1 aromatic heterocycles. The van der Waals surface area contributed by atoms with Gasteiger partial charge in [-0.1, -0.05) is 155 Å². The molecule has 0 radical (unpaired) electrons. The van der Waals surface area contributed by atoms with Crippen LogP contribution in [0.4, 0.5) is 0 Å². The molecule has 1 rings (SSSR count). The van der Waals surface area contributed by atoms with E-state index in [9.17, 15) is 0 Å². The number of aryl methyl sites for hydroxylation is 2. The van der Waals surface area contributed by atoms with E-state index in [1.165, 1.54) is 167 Å². The Morgan fingerprint density at radius 3 is 0.879 bits per heavy atom. The summed E-state index contributed by atoms with van der Waals surface area (Å²) in [7, 11) is 0. The Bertz CT molecular complexity index is 488. The summed E-state index contributed by atoms with van der Waals surface area (Å²) in [6.45, 7) is 4.60. The highest BCUT2D eigenvalue weighted by Gasteiger charge is 2.04. The predicted molar refractivity (Wildman–Crippen MR) is 150 cm³/mol. The van der Waals surface area contributed by atoms with Crippen molar-refractivity contribution in [2.45, 2.75) is 181 Å².